The summed E-state index contributed by atoms with van der Waals surface area (Å²) < 4.78 is 5.61. The third-order valence-corrected chi connectivity index (χ3v) is 2.41. The Kier molecular flexibility index (Phi) is 7.56. The first kappa shape index (κ1) is 14.0. The summed E-state index contributed by atoms with van der Waals surface area (Å²) in [6, 6.07) is 10.7. The molecule has 1 aromatic rings. The van der Waals surface area contributed by atoms with Crippen molar-refractivity contribution in [1.29, 1.82) is 0 Å². The van der Waals surface area contributed by atoms with E-state index in [0.717, 1.165) is 13.2 Å². The smallest absolute Gasteiger partial charge is 0.378 e. The van der Waals surface area contributed by atoms with E-state index in [-0.39, 0.29) is 58.2 Å². The molecule has 0 radical (unpaired) electrons. The van der Waals surface area contributed by atoms with Gasteiger partial charge >= 0.3 is 58.2 Å². The molecule has 0 spiro atoms. The van der Waals surface area contributed by atoms with Crippen molar-refractivity contribution in [3.8, 4) is 0 Å². The Labute approximate surface area is 141 Å². The van der Waals surface area contributed by atoms with Crippen LogP contribution in [0, 0.1) is 6.42 Å². The number of rotatable bonds is 4. The fourth-order valence-electron chi connectivity index (χ4n) is 1.64. The van der Waals surface area contributed by atoms with E-state index in [9.17, 15) is 0 Å². The average Bonchev–Trinajstić information content (AvgIpc) is 2.72. The second-order valence-electron chi connectivity index (χ2n) is 3.59. The molecule has 2 nitrogen and oxygen atoms in total. The van der Waals surface area contributed by atoms with Gasteiger partial charge in [0.05, 0.1) is 6.61 Å². The van der Waals surface area contributed by atoms with E-state index in [2.05, 4.69) is 23.9 Å². The quantitative estimate of drug-likeness (QED) is 0.695. The Morgan fingerprint density at radius 1 is 1.33 bits per heavy atom. The second-order valence-corrected chi connectivity index (χ2v) is 3.59. The van der Waals surface area contributed by atoms with Crippen molar-refractivity contribution in [2.24, 2.45) is 0 Å². The minimum absolute atomic E-state index is 0. The normalized spacial score (nSPS) is 19.9. The van der Waals surface area contributed by atoms with Crippen LogP contribution in [0.3, 0.4) is 0 Å². The van der Waals surface area contributed by atoms with Crippen LogP contribution in [0.4, 0.5) is 0 Å². The van der Waals surface area contributed by atoms with E-state index in [1.54, 1.807) is 0 Å². The number of hydrogen-bond donors (Lipinski definition) is 1. The fraction of sp³-hybridized carbons (Fsp3) is 0.417. The molecule has 1 fully saturated rings. The summed E-state index contributed by atoms with van der Waals surface area (Å²) in [5.74, 6) is 0. The molecule has 1 saturated heterocycles. The zero-order valence-electron chi connectivity index (χ0n) is 9.28. The van der Waals surface area contributed by atoms with Gasteiger partial charge in [-0.05, 0) is 12.1 Å². The number of benzene rings is 1. The molecule has 0 amide bonds. The number of nitrogens with one attached hydrogen (secondary N) is 1. The third kappa shape index (κ3) is 5.20. The minimum atomic E-state index is 0. The summed E-state index contributed by atoms with van der Waals surface area (Å²) in [7, 11) is 0. The van der Waals surface area contributed by atoms with Gasteiger partial charge in [-0.15, -0.1) is 0 Å². The van der Waals surface area contributed by atoms with Crippen LogP contribution < -0.4 is 63.5 Å². The maximum Gasteiger partial charge on any atom is 1.00 e. The van der Waals surface area contributed by atoms with Crippen molar-refractivity contribution in [2.45, 2.75) is 19.1 Å². The Bertz CT molecular complexity index is 260. The summed E-state index contributed by atoms with van der Waals surface area (Å²) in [6.45, 7) is 2.60. The van der Waals surface area contributed by atoms with Crippen LogP contribution >= 0.6 is 0 Å². The van der Waals surface area contributed by atoms with Gasteiger partial charge in [-0.1, -0.05) is 36.4 Å². The Morgan fingerprint density at radius 2 is 2.13 bits per heavy atom. The zero-order chi connectivity index (χ0) is 9.64. The van der Waals surface area contributed by atoms with E-state index in [0.29, 0.717) is 12.6 Å². The molecule has 76 valence electrons. The Balaban J connectivity index is 0.00000112. The molecular formula is C12H16NORb. The molecule has 1 aromatic carbocycles. The summed E-state index contributed by atoms with van der Waals surface area (Å²) in [6.07, 6.45) is 3.45. The monoisotopic (exact) mass is 275 g/mol. The predicted octanol–water partition coefficient (Wildman–Crippen LogP) is -1.23. The summed E-state index contributed by atoms with van der Waals surface area (Å²) in [5.41, 5.74) is 1.24. The molecule has 0 saturated carbocycles. The van der Waals surface area contributed by atoms with Gasteiger partial charge in [-0.3, -0.25) is 0 Å². The van der Waals surface area contributed by atoms with Crippen LogP contribution in [0.5, 0.6) is 0 Å². The van der Waals surface area contributed by atoms with Crippen LogP contribution in [-0.2, 0) is 11.3 Å². The average molecular weight is 276 g/mol. The molecule has 3 heteroatoms. The van der Waals surface area contributed by atoms with E-state index >= 15 is 0 Å². The van der Waals surface area contributed by atoms with Gasteiger partial charge in [-0.2, -0.15) is 6.42 Å². The topological polar surface area (TPSA) is 21.3 Å². The molecule has 15 heavy (non-hydrogen) atoms. The molecular weight excluding hydrogens is 260 g/mol. The van der Waals surface area contributed by atoms with Crippen molar-refractivity contribution < 1.29 is 62.9 Å². The molecule has 0 aromatic heterocycles. The SMILES string of the molecule is [Rb+].c1ccc(COCC2[CH-]CCN2)cc1. The molecule has 1 heterocycles. The first-order valence-electron chi connectivity index (χ1n) is 5.13. The number of ether oxygens (including phenoxy) is 1. The first-order chi connectivity index (χ1) is 6.95. The molecule has 1 aliphatic rings. The van der Waals surface area contributed by atoms with E-state index in [1.807, 2.05) is 18.2 Å². The Morgan fingerprint density at radius 3 is 2.80 bits per heavy atom. The van der Waals surface area contributed by atoms with Gasteiger partial charge < -0.3 is 16.5 Å². The second kappa shape index (κ2) is 8.10. The van der Waals surface area contributed by atoms with Gasteiger partial charge in [0.15, 0.2) is 0 Å². The van der Waals surface area contributed by atoms with Crippen LogP contribution in [0.1, 0.15) is 12.0 Å². The van der Waals surface area contributed by atoms with Gasteiger partial charge in [0.25, 0.3) is 0 Å². The largest absolute Gasteiger partial charge is 1.00 e. The maximum atomic E-state index is 5.61. The van der Waals surface area contributed by atoms with Crippen molar-refractivity contribution in [1.82, 2.24) is 5.32 Å². The standard InChI is InChI=1S/C12H16NO.Rb/c1-2-5-11(6-3-1)9-14-10-12-7-4-8-13-12;/h1-3,5-7,12-13H,4,8-10H2;/q-1;+1. The Hall–Kier alpha value is 0.945. The van der Waals surface area contributed by atoms with Crippen LogP contribution in [0.25, 0.3) is 0 Å². The van der Waals surface area contributed by atoms with Crippen molar-refractivity contribution in [3.05, 3.63) is 42.3 Å². The maximum absolute atomic E-state index is 5.61. The summed E-state index contributed by atoms with van der Waals surface area (Å²) in [5, 5.41) is 3.36. The molecule has 1 unspecified atom stereocenters. The van der Waals surface area contributed by atoms with Crippen molar-refractivity contribution in [2.75, 3.05) is 13.2 Å². The van der Waals surface area contributed by atoms with E-state index in [4.69, 9.17) is 4.74 Å². The molecule has 0 aliphatic carbocycles. The van der Waals surface area contributed by atoms with Gasteiger partial charge in [0.2, 0.25) is 0 Å². The molecule has 1 N–H and O–H groups in total. The first-order valence-corrected chi connectivity index (χ1v) is 5.13. The van der Waals surface area contributed by atoms with Gasteiger partial charge in [0.1, 0.15) is 0 Å². The van der Waals surface area contributed by atoms with Crippen molar-refractivity contribution >= 4 is 0 Å². The molecule has 1 atom stereocenters. The fourth-order valence-corrected chi connectivity index (χ4v) is 1.64. The predicted molar refractivity (Wildman–Crippen MR) is 56.8 cm³/mol. The minimum Gasteiger partial charge on any atom is -0.378 e. The van der Waals surface area contributed by atoms with E-state index in [1.165, 1.54) is 12.0 Å². The number of hydrogen-bond acceptors (Lipinski definition) is 2. The molecule has 0 bridgehead atoms. The van der Waals surface area contributed by atoms with Gasteiger partial charge in [0, 0.05) is 6.61 Å². The summed E-state index contributed by atoms with van der Waals surface area (Å²) >= 11 is 0. The van der Waals surface area contributed by atoms with Crippen LogP contribution in [0.15, 0.2) is 30.3 Å². The van der Waals surface area contributed by atoms with Crippen molar-refractivity contribution in [3.63, 3.8) is 0 Å². The molecule has 2 rings (SSSR count). The van der Waals surface area contributed by atoms with E-state index < -0.39 is 0 Å². The third-order valence-electron chi connectivity index (χ3n) is 2.41. The zero-order valence-corrected chi connectivity index (χ0v) is 14.2. The van der Waals surface area contributed by atoms with Gasteiger partial charge in [-0.25, -0.2) is 0 Å². The summed E-state index contributed by atoms with van der Waals surface area (Å²) in [4.78, 5) is 0. The van der Waals surface area contributed by atoms with Crippen LogP contribution in [0.2, 0.25) is 0 Å². The van der Waals surface area contributed by atoms with Crippen LogP contribution in [-0.4, -0.2) is 19.2 Å². The molecule has 1 aliphatic heterocycles.